The molecular formula is C28H26N2O6. The fourth-order valence-electron chi connectivity index (χ4n) is 4.70. The second-order valence-electron chi connectivity index (χ2n) is 8.65. The van der Waals surface area contributed by atoms with E-state index in [-0.39, 0.29) is 6.61 Å². The van der Waals surface area contributed by atoms with Gasteiger partial charge in [-0.25, -0.2) is 4.79 Å². The summed E-state index contributed by atoms with van der Waals surface area (Å²) in [7, 11) is 0. The van der Waals surface area contributed by atoms with Crippen LogP contribution in [0.1, 0.15) is 22.9 Å². The van der Waals surface area contributed by atoms with Crippen LogP contribution in [-0.4, -0.2) is 44.7 Å². The lowest BCUT2D eigenvalue weighted by Gasteiger charge is -2.37. The SMILES string of the molecule is O=c1ccn([C@H]2OC(COC(c3ccccc3)(c3ccccc3)c3ccccc3)C(O)C2O)c(=O)[nH]1. The van der Waals surface area contributed by atoms with E-state index in [0.29, 0.717) is 0 Å². The lowest BCUT2D eigenvalue weighted by molar-refractivity contribution is -0.0958. The summed E-state index contributed by atoms with van der Waals surface area (Å²) in [5.41, 5.74) is 0.289. The van der Waals surface area contributed by atoms with Gasteiger partial charge in [-0.3, -0.25) is 14.3 Å². The fourth-order valence-corrected chi connectivity index (χ4v) is 4.70. The van der Waals surface area contributed by atoms with Crippen LogP contribution in [-0.2, 0) is 15.1 Å². The number of aromatic nitrogens is 2. The second-order valence-corrected chi connectivity index (χ2v) is 8.65. The van der Waals surface area contributed by atoms with E-state index in [9.17, 15) is 19.8 Å². The van der Waals surface area contributed by atoms with E-state index in [0.717, 1.165) is 27.3 Å². The minimum atomic E-state index is -1.40. The second kappa shape index (κ2) is 10.0. The summed E-state index contributed by atoms with van der Waals surface area (Å²) < 4.78 is 13.6. The van der Waals surface area contributed by atoms with Crippen LogP contribution in [0.4, 0.5) is 0 Å². The molecule has 1 saturated heterocycles. The molecule has 8 heteroatoms. The molecule has 1 fully saturated rings. The van der Waals surface area contributed by atoms with Crippen LogP contribution in [0.15, 0.2) is 113 Å². The van der Waals surface area contributed by atoms with E-state index in [1.807, 2.05) is 91.0 Å². The van der Waals surface area contributed by atoms with Gasteiger partial charge < -0.3 is 19.7 Å². The maximum absolute atomic E-state index is 12.3. The smallest absolute Gasteiger partial charge is 0.330 e. The number of H-pyrrole nitrogens is 1. The predicted octanol–water partition coefficient (Wildman–Crippen LogP) is 2.16. The zero-order chi connectivity index (χ0) is 25.1. The van der Waals surface area contributed by atoms with Gasteiger partial charge in [0.15, 0.2) is 6.23 Å². The first-order chi connectivity index (χ1) is 17.5. The molecule has 3 N–H and O–H groups in total. The standard InChI is InChI=1S/C28H26N2O6/c31-23-16-17-30(27(34)29-23)26-25(33)24(32)22(36-26)18-35-28(19-10-4-1-5-11-19,20-12-6-2-7-13-20)21-14-8-3-9-15-21/h1-17,22,24-26,32-33H,18H2,(H,29,31,34)/t22?,24?,25?,26-/m0/s1. The number of benzene rings is 3. The summed E-state index contributed by atoms with van der Waals surface area (Å²) in [5.74, 6) is 0. The lowest BCUT2D eigenvalue weighted by Crippen LogP contribution is -2.40. The Hall–Kier alpha value is -3.82. The Kier molecular flexibility index (Phi) is 6.67. The molecule has 0 bridgehead atoms. The van der Waals surface area contributed by atoms with Gasteiger partial charge in [-0.05, 0) is 16.7 Å². The largest absolute Gasteiger partial charge is 0.387 e. The van der Waals surface area contributed by atoms with Gasteiger partial charge in [0.2, 0.25) is 0 Å². The molecule has 1 aliphatic rings. The average Bonchev–Trinajstić information content (AvgIpc) is 3.19. The number of hydrogen-bond donors (Lipinski definition) is 3. The number of aliphatic hydroxyl groups excluding tert-OH is 2. The minimum Gasteiger partial charge on any atom is -0.387 e. The summed E-state index contributed by atoms with van der Waals surface area (Å²) in [6.45, 7) is -0.0918. The van der Waals surface area contributed by atoms with Crippen LogP contribution in [0, 0.1) is 0 Å². The number of rotatable bonds is 7. The van der Waals surface area contributed by atoms with Gasteiger partial charge in [0, 0.05) is 12.3 Å². The number of nitrogens with zero attached hydrogens (tertiary/aromatic N) is 1. The molecule has 0 amide bonds. The Labute approximate surface area is 207 Å². The molecule has 4 aromatic rings. The van der Waals surface area contributed by atoms with Crippen molar-refractivity contribution in [2.75, 3.05) is 6.61 Å². The van der Waals surface area contributed by atoms with E-state index in [1.54, 1.807) is 0 Å². The number of hydrogen-bond acceptors (Lipinski definition) is 6. The topological polar surface area (TPSA) is 114 Å². The summed E-state index contributed by atoms with van der Waals surface area (Å²) >= 11 is 0. The fraction of sp³-hybridized carbons (Fsp3) is 0.214. The number of nitrogens with one attached hydrogen (secondary N) is 1. The zero-order valence-corrected chi connectivity index (χ0v) is 19.3. The molecule has 0 radical (unpaired) electrons. The van der Waals surface area contributed by atoms with Gasteiger partial charge in [-0.15, -0.1) is 0 Å². The molecule has 1 aliphatic heterocycles. The number of ether oxygens (including phenoxy) is 2. The average molecular weight is 487 g/mol. The molecule has 1 aromatic heterocycles. The Morgan fingerprint density at radius 3 is 1.75 bits per heavy atom. The van der Waals surface area contributed by atoms with Crippen molar-refractivity contribution < 1.29 is 19.7 Å². The van der Waals surface area contributed by atoms with Gasteiger partial charge in [-0.2, -0.15) is 0 Å². The lowest BCUT2D eigenvalue weighted by atomic mass is 9.80. The Balaban J connectivity index is 1.52. The molecule has 184 valence electrons. The highest BCUT2D eigenvalue weighted by atomic mass is 16.6. The molecule has 36 heavy (non-hydrogen) atoms. The predicted molar refractivity (Wildman–Crippen MR) is 132 cm³/mol. The molecular weight excluding hydrogens is 460 g/mol. The Morgan fingerprint density at radius 1 is 0.778 bits per heavy atom. The molecule has 8 nitrogen and oxygen atoms in total. The van der Waals surface area contributed by atoms with Crippen molar-refractivity contribution in [3.63, 3.8) is 0 Å². The van der Waals surface area contributed by atoms with Crippen LogP contribution >= 0.6 is 0 Å². The summed E-state index contributed by atoms with van der Waals surface area (Å²) in [5, 5.41) is 21.5. The van der Waals surface area contributed by atoms with Gasteiger partial charge in [0.05, 0.1) is 6.61 Å². The van der Waals surface area contributed by atoms with Crippen molar-refractivity contribution in [3.8, 4) is 0 Å². The van der Waals surface area contributed by atoms with Crippen molar-refractivity contribution in [2.24, 2.45) is 0 Å². The van der Waals surface area contributed by atoms with E-state index in [4.69, 9.17) is 9.47 Å². The Morgan fingerprint density at radius 2 is 1.28 bits per heavy atom. The van der Waals surface area contributed by atoms with Gasteiger partial charge in [0.25, 0.3) is 5.56 Å². The molecule has 3 aromatic carbocycles. The van der Waals surface area contributed by atoms with E-state index in [2.05, 4.69) is 4.98 Å². The first-order valence-corrected chi connectivity index (χ1v) is 11.6. The monoisotopic (exact) mass is 486 g/mol. The molecule has 3 unspecified atom stereocenters. The van der Waals surface area contributed by atoms with Crippen molar-refractivity contribution in [1.82, 2.24) is 9.55 Å². The highest BCUT2D eigenvalue weighted by Gasteiger charge is 2.46. The van der Waals surface area contributed by atoms with Crippen molar-refractivity contribution in [3.05, 3.63) is 141 Å². The van der Waals surface area contributed by atoms with Gasteiger partial charge in [0.1, 0.15) is 23.9 Å². The normalized spacial score (nSPS) is 21.9. The number of aromatic amines is 1. The van der Waals surface area contributed by atoms with Crippen LogP contribution in [0.3, 0.4) is 0 Å². The van der Waals surface area contributed by atoms with E-state index in [1.165, 1.54) is 6.20 Å². The maximum Gasteiger partial charge on any atom is 0.330 e. The first-order valence-electron chi connectivity index (χ1n) is 11.6. The molecule has 5 rings (SSSR count). The van der Waals surface area contributed by atoms with Crippen LogP contribution in [0.5, 0.6) is 0 Å². The summed E-state index contributed by atoms with van der Waals surface area (Å²) in [4.78, 5) is 25.8. The summed E-state index contributed by atoms with van der Waals surface area (Å²) in [6.07, 6.45) is -3.62. The third-order valence-corrected chi connectivity index (χ3v) is 6.47. The molecule has 0 aliphatic carbocycles. The highest BCUT2D eigenvalue weighted by Crippen LogP contribution is 2.41. The van der Waals surface area contributed by atoms with Crippen molar-refractivity contribution in [2.45, 2.75) is 30.1 Å². The minimum absolute atomic E-state index is 0.0918. The third-order valence-electron chi connectivity index (χ3n) is 6.47. The van der Waals surface area contributed by atoms with Crippen molar-refractivity contribution >= 4 is 0 Å². The zero-order valence-electron chi connectivity index (χ0n) is 19.3. The maximum atomic E-state index is 12.3. The number of aliphatic hydroxyl groups is 2. The van der Waals surface area contributed by atoms with E-state index >= 15 is 0 Å². The van der Waals surface area contributed by atoms with Crippen LogP contribution < -0.4 is 11.2 Å². The van der Waals surface area contributed by atoms with Crippen LogP contribution in [0.25, 0.3) is 0 Å². The van der Waals surface area contributed by atoms with Gasteiger partial charge >= 0.3 is 5.69 Å². The summed E-state index contributed by atoms with van der Waals surface area (Å²) in [6, 6.07) is 30.4. The molecule has 0 saturated carbocycles. The highest BCUT2D eigenvalue weighted by molar-refractivity contribution is 5.47. The molecule has 4 atom stereocenters. The first kappa shape index (κ1) is 23.9. The van der Waals surface area contributed by atoms with Crippen molar-refractivity contribution in [1.29, 1.82) is 0 Å². The molecule has 0 spiro atoms. The third kappa shape index (κ3) is 4.31. The van der Waals surface area contributed by atoms with E-state index < -0.39 is 41.4 Å². The van der Waals surface area contributed by atoms with Crippen LogP contribution in [0.2, 0.25) is 0 Å². The molecule has 2 heterocycles. The quantitative estimate of drug-likeness (QED) is 0.345. The Bertz CT molecular complexity index is 1310. The van der Waals surface area contributed by atoms with Gasteiger partial charge in [-0.1, -0.05) is 91.0 Å².